The van der Waals surface area contributed by atoms with Crippen molar-refractivity contribution in [3.05, 3.63) is 257 Å². The Morgan fingerprint density at radius 1 is 0.529 bits per heavy atom. The van der Waals surface area contributed by atoms with E-state index in [9.17, 15) is 35.9 Å². The van der Waals surface area contributed by atoms with E-state index in [0.717, 1.165) is 122 Å². The van der Waals surface area contributed by atoms with E-state index >= 15 is 0 Å². The number of aryl methyl sites for hydroxylation is 2. The zero-order valence-corrected chi connectivity index (χ0v) is 49.1. The van der Waals surface area contributed by atoms with Gasteiger partial charge in [0.1, 0.15) is 23.2 Å². The summed E-state index contributed by atoms with van der Waals surface area (Å²) < 4.78 is 78.5. The van der Waals surface area contributed by atoms with Gasteiger partial charge in [0.15, 0.2) is 29.1 Å². The van der Waals surface area contributed by atoms with E-state index in [0.29, 0.717) is 39.8 Å². The zero-order chi connectivity index (χ0) is 61.4. The van der Waals surface area contributed by atoms with Crippen LogP contribution in [0.2, 0.25) is 0 Å². The number of H-pyrrole nitrogens is 3. The number of phenolic OH excluding ortho intramolecular Hbond substituents is 1. The van der Waals surface area contributed by atoms with Crippen molar-refractivity contribution >= 4 is 78.9 Å². The molecule has 0 spiro atoms. The van der Waals surface area contributed by atoms with Gasteiger partial charge in [-0.25, -0.2) is 40.9 Å². The Kier molecular flexibility index (Phi) is 17.9. The molecule has 9 aromatic carbocycles. The molecule has 0 amide bonds. The Bertz CT molecular complexity index is 4660. The summed E-state index contributed by atoms with van der Waals surface area (Å²) in [5.41, 5.74) is 15.3. The number of benzene rings is 9. The van der Waals surface area contributed by atoms with Crippen molar-refractivity contribution in [1.29, 1.82) is 0 Å². The number of phenols is 1. The largest absolute Gasteiger partial charge is 0.507 e. The molecule has 0 bridgehead atoms. The van der Waals surface area contributed by atoms with E-state index in [2.05, 4.69) is 80.7 Å². The van der Waals surface area contributed by atoms with Gasteiger partial charge in [0, 0.05) is 23.1 Å². The highest BCUT2D eigenvalue weighted by atomic mass is 32.2. The first-order valence-corrected chi connectivity index (χ1v) is 29.9. The van der Waals surface area contributed by atoms with Crippen molar-refractivity contribution < 1.29 is 35.9 Å². The van der Waals surface area contributed by atoms with Gasteiger partial charge in [-0.15, -0.1) is 0 Å². The number of aromatic nitrogens is 6. The number of carbonyl (C=O) groups is 1. The fraction of sp³-hybridized carbons (Fsp3) is 0.127. The lowest BCUT2D eigenvalue weighted by Gasteiger charge is -2.19. The molecule has 5 N–H and O–H groups in total. The molecule has 12 rings (SSSR count). The molecule has 0 unspecified atom stereocenters. The smallest absolute Gasteiger partial charge is 0.229 e. The maximum Gasteiger partial charge on any atom is 0.229 e. The molecule has 438 valence electrons. The van der Waals surface area contributed by atoms with Crippen LogP contribution >= 0.6 is 0 Å². The third-order valence-electron chi connectivity index (χ3n) is 14.4. The molecule has 11 nitrogen and oxygen atoms in total. The summed E-state index contributed by atoms with van der Waals surface area (Å²) in [6.07, 6.45) is 10.8. The lowest BCUT2D eigenvalue weighted by atomic mass is 9.86. The molecule has 0 fully saturated rings. The van der Waals surface area contributed by atoms with E-state index < -0.39 is 33.3 Å². The highest BCUT2D eigenvalue weighted by molar-refractivity contribution is 7.92. The maximum atomic E-state index is 13.3. The number of Topliss-reactive ketones (excluding diaryl/α,β-unsaturated/α-hetero) is 1. The highest BCUT2D eigenvalue weighted by Gasteiger charge is 2.16. The predicted molar refractivity (Wildman–Crippen MR) is 342 cm³/mol. The molecule has 16 heteroatoms. The second-order valence-corrected chi connectivity index (χ2v) is 23.7. The van der Waals surface area contributed by atoms with Crippen LogP contribution in [0.1, 0.15) is 84.2 Å². The van der Waals surface area contributed by atoms with Crippen molar-refractivity contribution in [2.24, 2.45) is 0 Å². The average molecular weight is 1180 g/mol. The third-order valence-corrected chi connectivity index (χ3v) is 14.9. The van der Waals surface area contributed by atoms with E-state index in [-0.39, 0.29) is 11.2 Å². The van der Waals surface area contributed by atoms with Gasteiger partial charge in [-0.2, -0.15) is 0 Å². The molecule has 0 aliphatic carbocycles. The van der Waals surface area contributed by atoms with Crippen LogP contribution in [-0.4, -0.2) is 55.5 Å². The molecule has 0 atom stereocenters. The van der Waals surface area contributed by atoms with E-state index in [1.807, 2.05) is 103 Å². The fourth-order valence-corrected chi connectivity index (χ4v) is 10.5. The summed E-state index contributed by atoms with van der Waals surface area (Å²) in [5.74, 6) is -1.10. The van der Waals surface area contributed by atoms with E-state index in [1.165, 1.54) is 23.3 Å². The molecule has 0 aliphatic heterocycles. The molecule has 3 aromatic heterocycles. The number of aromatic hydroxyl groups is 1. The van der Waals surface area contributed by atoms with Crippen LogP contribution in [0.5, 0.6) is 5.75 Å². The Hall–Kier alpha value is -10.2. The molecular weight excluding hydrogens is 1120 g/mol. The molecule has 0 saturated carbocycles. The monoisotopic (exact) mass is 1180 g/mol. The Labute approximate surface area is 501 Å². The standard InChI is InChI=1S/C26H28N2O.C23H16F2N2O.C22H17F2N3O2S/c1-26(2,3)20-14-11-18(12-15-20)7-6-10-25-27-22-16-13-19(17-23(22)28-25)21-8-4-5-9-24(21)29;1-14(28)17-4-2-3-5-18(17)16-8-10-21-22(13-16)27-23(26-21)11-7-15-6-9-19(24)20(25)12-15;1-30(28,29)27-19-5-3-2-4-16(19)15-8-10-20-21(13-15)26-22(25-20)11-7-14-6-9-17(23)18(24)12-14/h4-5,8-9,11-17,29H,6-7,10H2,1-3H3,(H,27,28);2-13H,1H3,(H,26,27);2-13,27H,1H3,(H,25,26)/b;2*11-7+. The highest BCUT2D eigenvalue weighted by Crippen LogP contribution is 2.33. The van der Waals surface area contributed by atoms with Crippen molar-refractivity contribution in [1.82, 2.24) is 29.9 Å². The van der Waals surface area contributed by atoms with Gasteiger partial charge in [0.05, 0.1) is 45.0 Å². The van der Waals surface area contributed by atoms with E-state index in [1.54, 1.807) is 49.4 Å². The Balaban J connectivity index is 0.000000145. The minimum atomic E-state index is -3.42. The number of nitrogens with one attached hydrogen (secondary N) is 4. The number of hydrogen-bond acceptors (Lipinski definition) is 7. The first-order valence-electron chi connectivity index (χ1n) is 28.0. The summed E-state index contributed by atoms with van der Waals surface area (Å²) >= 11 is 0. The summed E-state index contributed by atoms with van der Waals surface area (Å²) in [5, 5.41) is 10.1. The van der Waals surface area contributed by atoms with E-state index in [4.69, 9.17) is 4.98 Å². The van der Waals surface area contributed by atoms with Crippen molar-refractivity contribution in [3.8, 4) is 39.1 Å². The quantitative estimate of drug-likeness (QED) is 0.0533. The number of ketones is 1. The van der Waals surface area contributed by atoms with Crippen LogP contribution in [0.3, 0.4) is 0 Å². The number of hydrogen-bond donors (Lipinski definition) is 5. The summed E-state index contributed by atoms with van der Waals surface area (Å²) in [4.78, 5) is 35.4. The number of nitrogens with zero attached hydrogens (tertiary/aromatic N) is 3. The van der Waals surface area contributed by atoms with Gasteiger partial charge in [0.25, 0.3) is 0 Å². The summed E-state index contributed by atoms with van der Waals surface area (Å²) in [7, 11) is -3.42. The van der Waals surface area contributed by atoms with Gasteiger partial charge in [-0.1, -0.05) is 148 Å². The van der Waals surface area contributed by atoms with Crippen molar-refractivity contribution in [2.45, 2.75) is 52.4 Å². The van der Waals surface area contributed by atoms with Gasteiger partial charge in [0.2, 0.25) is 10.0 Å². The van der Waals surface area contributed by atoms with Crippen molar-refractivity contribution in [2.75, 3.05) is 11.0 Å². The van der Waals surface area contributed by atoms with Gasteiger partial charge in [-0.05, 0) is 155 Å². The molecule has 3 heterocycles. The van der Waals surface area contributed by atoms with Crippen LogP contribution < -0.4 is 4.72 Å². The summed E-state index contributed by atoms with van der Waals surface area (Å²) in [6.45, 7) is 8.28. The normalized spacial score (nSPS) is 11.7. The van der Waals surface area contributed by atoms with Crippen molar-refractivity contribution in [3.63, 3.8) is 0 Å². The first-order chi connectivity index (χ1) is 41.7. The Morgan fingerprint density at radius 3 is 1.54 bits per heavy atom. The predicted octanol–water partition coefficient (Wildman–Crippen LogP) is 17.3. The van der Waals surface area contributed by atoms with Crippen LogP contribution in [0.4, 0.5) is 23.2 Å². The van der Waals surface area contributed by atoms with Crippen LogP contribution in [0.25, 0.3) is 90.8 Å². The molecule has 87 heavy (non-hydrogen) atoms. The zero-order valence-electron chi connectivity index (χ0n) is 48.3. The number of halogens is 4. The minimum Gasteiger partial charge on any atom is -0.507 e. The van der Waals surface area contributed by atoms with Gasteiger partial charge >= 0.3 is 0 Å². The number of fused-ring (bicyclic) bond motifs is 3. The number of imidazole rings is 3. The molecular formula is C71H61F4N7O4S. The van der Waals surface area contributed by atoms with Crippen LogP contribution in [0.15, 0.2) is 188 Å². The van der Waals surface area contributed by atoms with Gasteiger partial charge < -0.3 is 20.1 Å². The Morgan fingerprint density at radius 2 is 1.01 bits per heavy atom. The number of para-hydroxylation sites is 2. The molecule has 0 aliphatic rings. The number of rotatable bonds is 14. The topological polar surface area (TPSA) is 170 Å². The lowest BCUT2D eigenvalue weighted by Crippen LogP contribution is -2.10. The SMILES string of the molecule is CC(=O)c1ccccc1-c1ccc2nc(/C=C/c3ccc(F)c(F)c3)[nH]c2c1.CC(C)(C)c1ccc(CCCc2nc3ccc(-c4ccccc4O)cc3[nH]2)cc1.CS(=O)(=O)Nc1ccccc1-c1ccc2nc(/C=C/c3ccc(F)c(F)c3)[nH]c2c1. The van der Waals surface area contributed by atoms with Crippen LogP contribution in [-0.2, 0) is 28.3 Å². The number of sulfonamides is 1. The third kappa shape index (κ3) is 15.2. The second kappa shape index (κ2) is 26.0. The first kappa shape index (κ1) is 60.0. The number of anilines is 1. The lowest BCUT2D eigenvalue weighted by molar-refractivity contribution is 0.101. The summed E-state index contributed by atoms with van der Waals surface area (Å²) in [6, 6.07) is 55.8. The molecule has 0 saturated heterocycles. The molecule has 0 radical (unpaired) electrons. The van der Waals surface area contributed by atoms with Crippen LogP contribution in [0, 0.1) is 23.3 Å². The second-order valence-electron chi connectivity index (χ2n) is 22.0. The molecule has 12 aromatic rings. The minimum absolute atomic E-state index is 0.00969. The average Bonchev–Trinajstić information content (AvgIpc) is 2.34. The maximum absolute atomic E-state index is 13.3. The number of carbonyl (C=O) groups excluding carboxylic acids is 1. The fourth-order valence-electron chi connectivity index (χ4n) is 9.90. The number of aromatic amines is 3. The van der Waals surface area contributed by atoms with Gasteiger partial charge in [-0.3, -0.25) is 9.52 Å².